The molecule has 94 valence electrons. The number of ether oxygens (including phenoxy) is 1. The van der Waals surface area contributed by atoms with Gasteiger partial charge < -0.3 is 23.9 Å². The zero-order chi connectivity index (χ0) is 13.0. The molecule has 5 nitrogen and oxygen atoms in total. The van der Waals surface area contributed by atoms with Crippen LogP contribution in [-0.4, -0.2) is 9.55 Å². The van der Waals surface area contributed by atoms with Crippen molar-refractivity contribution in [1.29, 1.82) is 0 Å². The van der Waals surface area contributed by atoms with Crippen LogP contribution in [0.5, 0.6) is 0 Å². The van der Waals surface area contributed by atoms with Gasteiger partial charge in [0.25, 0.3) is 0 Å². The number of H-pyrrole nitrogens is 1. The summed E-state index contributed by atoms with van der Waals surface area (Å²) in [5, 5.41) is 0. The van der Waals surface area contributed by atoms with E-state index in [1.807, 2.05) is 30.3 Å². The Bertz CT molecular complexity index is 634. The van der Waals surface area contributed by atoms with E-state index in [-0.39, 0.29) is 25.6 Å². The number of hydrogen-bond acceptors (Lipinski definition) is 3. The summed E-state index contributed by atoms with van der Waals surface area (Å²) in [7, 11) is 0. The van der Waals surface area contributed by atoms with E-state index in [0.29, 0.717) is 12.2 Å². The third kappa shape index (κ3) is 4.25. The van der Waals surface area contributed by atoms with Crippen molar-refractivity contribution in [2.75, 3.05) is 0 Å². The van der Waals surface area contributed by atoms with Gasteiger partial charge in [-0.05, 0) is 5.56 Å². The van der Waals surface area contributed by atoms with Crippen LogP contribution in [0.15, 0.2) is 39.9 Å². The van der Waals surface area contributed by atoms with Crippen molar-refractivity contribution in [2.45, 2.75) is 20.3 Å². The molecule has 19 heavy (non-hydrogen) atoms. The molecule has 0 amide bonds. The Hall–Kier alpha value is -1.54. The molecule has 0 saturated carbocycles. The SMILES string of the molecule is Cc1[c-]n(COCc2ccccc2)c(=O)[nH]c1=O.[Li+]. The van der Waals surface area contributed by atoms with Gasteiger partial charge in [-0.25, -0.2) is 0 Å². The van der Waals surface area contributed by atoms with Gasteiger partial charge >= 0.3 is 18.9 Å². The molecule has 0 aliphatic rings. The smallest absolute Gasteiger partial charge is 0.388 e. The van der Waals surface area contributed by atoms with Crippen LogP contribution in [0.4, 0.5) is 0 Å². The summed E-state index contributed by atoms with van der Waals surface area (Å²) in [6, 6.07) is 9.63. The van der Waals surface area contributed by atoms with Crippen molar-refractivity contribution in [1.82, 2.24) is 9.55 Å². The first-order valence-corrected chi connectivity index (χ1v) is 5.51. The van der Waals surface area contributed by atoms with E-state index >= 15 is 0 Å². The second-order valence-corrected chi connectivity index (χ2v) is 3.89. The van der Waals surface area contributed by atoms with E-state index in [4.69, 9.17) is 4.74 Å². The van der Waals surface area contributed by atoms with E-state index in [0.717, 1.165) is 5.56 Å². The fourth-order valence-corrected chi connectivity index (χ4v) is 1.48. The third-order valence-corrected chi connectivity index (χ3v) is 2.44. The molecular weight excluding hydrogens is 239 g/mol. The average Bonchev–Trinajstić information content (AvgIpc) is 2.37. The van der Waals surface area contributed by atoms with Gasteiger partial charge in [0.1, 0.15) is 12.3 Å². The normalized spacial score (nSPS) is 9.95. The second kappa shape index (κ2) is 7.15. The monoisotopic (exact) mass is 252 g/mol. The molecule has 0 saturated heterocycles. The number of aromatic nitrogens is 2. The third-order valence-electron chi connectivity index (χ3n) is 2.44. The van der Waals surface area contributed by atoms with E-state index in [2.05, 4.69) is 11.2 Å². The van der Waals surface area contributed by atoms with E-state index < -0.39 is 11.2 Å². The van der Waals surface area contributed by atoms with Crippen LogP contribution in [-0.2, 0) is 18.1 Å². The average molecular weight is 252 g/mol. The zero-order valence-electron chi connectivity index (χ0n) is 11.0. The summed E-state index contributed by atoms with van der Waals surface area (Å²) in [4.78, 5) is 24.8. The molecule has 0 radical (unpaired) electrons. The Morgan fingerprint density at radius 1 is 1.26 bits per heavy atom. The quantitative estimate of drug-likeness (QED) is 0.497. The van der Waals surface area contributed by atoms with Crippen LogP contribution in [0.2, 0.25) is 0 Å². The van der Waals surface area contributed by atoms with Gasteiger partial charge in [-0.15, -0.1) is 0 Å². The van der Waals surface area contributed by atoms with Crippen LogP contribution >= 0.6 is 0 Å². The number of aromatic amines is 1. The first kappa shape index (κ1) is 15.5. The maximum Gasteiger partial charge on any atom is 1.00 e. The number of nitrogens with one attached hydrogen (secondary N) is 1. The van der Waals surface area contributed by atoms with Gasteiger partial charge in [0.15, 0.2) is 0 Å². The summed E-state index contributed by atoms with van der Waals surface area (Å²) in [5.74, 6) is 0. The van der Waals surface area contributed by atoms with Crippen LogP contribution in [0.3, 0.4) is 0 Å². The Labute approximate surface area is 122 Å². The molecule has 2 rings (SSSR count). The van der Waals surface area contributed by atoms with Gasteiger partial charge in [0.05, 0.1) is 6.61 Å². The van der Waals surface area contributed by atoms with Gasteiger partial charge in [-0.3, -0.25) is 0 Å². The van der Waals surface area contributed by atoms with Crippen molar-refractivity contribution < 1.29 is 23.6 Å². The number of benzene rings is 1. The summed E-state index contributed by atoms with van der Waals surface area (Å²) < 4.78 is 6.60. The predicted molar refractivity (Wildman–Crippen MR) is 66.1 cm³/mol. The molecule has 0 aliphatic heterocycles. The molecule has 0 unspecified atom stereocenters. The number of nitrogens with zero attached hydrogens (tertiary/aromatic N) is 1. The fraction of sp³-hybridized carbons (Fsp3) is 0.231. The molecular formula is C13H13LiN2O3. The molecule has 0 bridgehead atoms. The molecule has 0 spiro atoms. The predicted octanol–water partition coefficient (Wildman–Crippen LogP) is -2.18. The van der Waals surface area contributed by atoms with E-state index in [9.17, 15) is 9.59 Å². The summed E-state index contributed by atoms with van der Waals surface area (Å²) in [6.07, 6.45) is 2.67. The fourth-order valence-electron chi connectivity index (χ4n) is 1.48. The Kier molecular flexibility index (Phi) is 5.84. The molecule has 1 heterocycles. The van der Waals surface area contributed by atoms with Gasteiger partial charge in [-0.2, -0.15) is 0 Å². The second-order valence-electron chi connectivity index (χ2n) is 3.89. The zero-order valence-corrected chi connectivity index (χ0v) is 11.0. The largest absolute Gasteiger partial charge is 1.00 e. The first-order chi connectivity index (χ1) is 8.66. The minimum absolute atomic E-state index is 0. The standard InChI is InChI=1S/C13H13N2O3.Li/c1-10-7-15(13(17)14-12(10)16)9-18-8-11-5-3-2-4-6-11;/h2-6H,8-9H2,1H3,(H,14,16,17);/q-1;+1. The van der Waals surface area contributed by atoms with Gasteiger partial charge in [0, 0.05) is 0 Å². The minimum Gasteiger partial charge on any atom is -0.388 e. The van der Waals surface area contributed by atoms with E-state index in [1.54, 1.807) is 6.92 Å². The van der Waals surface area contributed by atoms with E-state index in [1.165, 1.54) is 4.57 Å². The van der Waals surface area contributed by atoms with Crippen molar-refractivity contribution >= 4 is 0 Å². The van der Waals surface area contributed by atoms with Crippen molar-refractivity contribution in [2.24, 2.45) is 0 Å². The molecule has 1 N–H and O–H groups in total. The van der Waals surface area contributed by atoms with Crippen molar-refractivity contribution in [3.8, 4) is 0 Å². The number of rotatable bonds is 4. The summed E-state index contributed by atoms with van der Waals surface area (Å²) in [5.41, 5.74) is 0.447. The minimum atomic E-state index is -0.515. The Balaban J connectivity index is 0.00000180. The van der Waals surface area contributed by atoms with Crippen molar-refractivity contribution in [3.05, 3.63) is 68.5 Å². The Morgan fingerprint density at radius 3 is 2.63 bits per heavy atom. The van der Waals surface area contributed by atoms with Crippen molar-refractivity contribution in [3.63, 3.8) is 0 Å². The number of aryl methyl sites for hydroxylation is 1. The maximum atomic E-state index is 11.4. The molecule has 0 aliphatic carbocycles. The molecule has 0 fully saturated rings. The van der Waals surface area contributed by atoms with Crippen LogP contribution in [0.25, 0.3) is 0 Å². The van der Waals surface area contributed by atoms with Crippen LogP contribution < -0.4 is 30.1 Å². The Morgan fingerprint density at radius 2 is 1.95 bits per heavy atom. The summed E-state index contributed by atoms with van der Waals surface area (Å²) in [6.45, 7) is 2.05. The molecule has 1 aromatic carbocycles. The van der Waals surface area contributed by atoms with Gasteiger partial charge in [0.2, 0.25) is 5.69 Å². The maximum absolute atomic E-state index is 11.4. The molecule has 2 aromatic rings. The first-order valence-electron chi connectivity index (χ1n) is 5.51. The topological polar surface area (TPSA) is 64.1 Å². The number of hydrogen-bond donors (Lipinski definition) is 1. The summed E-state index contributed by atoms with van der Waals surface area (Å²) >= 11 is 0. The van der Waals surface area contributed by atoms with Gasteiger partial charge in [-0.1, -0.05) is 49.0 Å². The molecule has 1 aromatic heterocycles. The molecule has 6 heteroatoms. The molecule has 0 atom stereocenters. The van der Waals surface area contributed by atoms with Crippen LogP contribution in [0, 0.1) is 13.1 Å². The van der Waals surface area contributed by atoms with Crippen LogP contribution in [0.1, 0.15) is 11.1 Å².